The van der Waals surface area contributed by atoms with E-state index in [1.165, 1.54) is 13.4 Å². The van der Waals surface area contributed by atoms with Gasteiger partial charge in [0, 0.05) is 19.2 Å². The van der Waals surface area contributed by atoms with Crippen LogP contribution in [0.25, 0.3) is 0 Å². The molecule has 0 amide bonds. The molecule has 6 nitrogen and oxygen atoms in total. The molecule has 0 bridgehead atoms. The van der Waals surface area contributed by atoms with Gasteiger partial charge in [-0.25, -0.2) is 4.98 Å². The van der Waals surface area contributed by atoms with E-state index >= 15 is 0 Å². The zero-order valence-corrected chi connectivity index (χ0v) is 11.8. The molecule has 6 heteroatoms. The largest absolute Gasteiger partial charge is 0.496 e. The minimum atomic E-state index is 0.377. The van der Waals surface area contributed by atoms with Gasteiger partial charge in [0.05, 0.1) is 14.2 Å². The molecule has 0 aliphatic rings. The molecule has 0 saturated heterocycles. The second-order valence-electron chi connectivity index (χ2n) is 4.29. The first-order chi connectivity index (χ1) is 9.67. The molecule has 1 aromatic carbocycles. The van der Waals surface area contributed by atoms with Gasteiger partial charge in [-0.1, -0.05) is 18.2 Å². The summed E-state index contributed by atoms with van der Waals surface area (Å²) in [6.07, 6.45) is 1.43. The summed E-state index contributed by atoms with van der Waals surface area (Å²) in [4.78, 5) is 10.1. The van der Waals surface area contributed by atoms with Gasteiger partial charge in [-0.05, 0) is 6.07 Å². The van der Waals surface area contributed by atoms with Crippen molar-refractivity contribution in [1.29, 1.82) is 0 Å². The third kappa shape index (κ3) is 2.74. The van der Waals surface area contributed by atoms with Crippen LogP contribution in [0.15, 0.2) is 30.6 Å². The predicted octanol–water partition coefficient (Wildman–Crippen LogP) is 1.71. The average molecular weight is 274 g/mol. The summed E-state index contributed by atoms with van der Waals surface area (Å²) in [6.45, 7) is 0.619. The maximum Gasteiger partial charge on any atom is 0.242 e. The number of anilines is 2. The van der Waals surface area contributed by atoms with Gasteiger partial charge in [-0.15, -0.1) is 0 Å². The number of hydrogen-bond acceptors (Lipinski definition) is 6. The first-order valence-electron chi connectivity index (χ1n) is 6.14. The van der Waals surface area contributed by atoms with Crippen molar-refractivity contribution in [3.63, 3.8) is 0 Å². The quantitative estimate of drug-likeness (QED) is 0.894. The van der Waals surface area contributed by atoms with Crippen molar-refractivity contribution in [2.24, 2.45) is 0 Å². The fourth-order valence-corrected chi connectivity index (χ4v) is 2.00. The van der Waals surface area contributed by atoms with E-state index in [-0.39, 0.29) is 0 Å². The third-order valence-electron chi connectivity index (χ3n) is 2.98. The molecular weight excluding hydrogens is 256 g/mol. The van der Waals surface area contributed by atoms with Crippen molar-refractivity contribution >= 4 is 11.5 Å². The number of hydrogen-bond donors (Lipinski definition) is 1. The molecule has 1 heterocycles. The van der Waals surface area contributed by atoms with Crippen molar-refractivity contribution in [2.45, 2.75) is 6.54 Å². The molecule has 2 N–H and O–H groups in total. The van der Waals surface area contributed by atoms with Crippen LogP contribution in [0.4, 0.5) is 11.5 Å². The van der Waals surface area contributed by atoms with Gasteiger partial charge in [0.25, 0.3) is 0 Å². The molecule has 0 aliphatic heterocycles. The highest BCUT2D eigenvalue weighted by Gasteiger charge is 2.14. The highest BCUT2D eigenvalue weighted by Crippen LogP contribution is 2.28. The summed E-state index contributed by atoms with van der Waals surface area (Å²) in [5.41, 5.74) is 7.47. The summed E-state index contributed by atoms with van der Waals surface area (Å²) >= 11 is 0. The number of methoxy groups -OCH3 is 2. The van der Waals surface area contributed by atoms with Gasteiger partial charge in [0.2, 0.25) is 5.88 Å². The van der Waals surface area contributed by atoms with Crippen molar-refractivity contribution in [1.82, 2.24) is 9.97 Å². The van der Waals surface area contributed by atoms with Crippen LogP contribution < -0.4 is 20.1 Å². The molecule has 0 spiro atoms. The molecule has 0 aliphatic carbocycles. The number of para-hydroxylation sites is 1. The van der Waals surface area contributed by atoms with E-state index in [2.05, 4.69) is 9.97 Å². The summed E-state index contributed by atoms with van der Waals surface area (Å²) in [5, 5.41) is 0. The molecule has 0 radical (unpaired) electrons. The van der Waals surface area contributed by atoms with Crippen LogP contribution in [0.1, 0.15) is 5.56 Å². The molecule has 0 fully saturated rings. The van der Waals surface area contributed by atoms with Crippen molar-refractivity contribution in [3.05, 3.63) is 36.2 Å². The summed E-state index contributed by atoms with van der Waals surface area (Å²) in [7, 11) is 5.09. The topological polar surface area (TPSA) is 73.5 Å². The van der Waals surface area contributed by atoms with E-state index in [0.717, 1.165) is 11.3 Å². The molecule has 0 unspecified atom stereocenters. The summed E-state index contributed by atoms with van der Waals surface area (Å²) < 4.78 is 10.4. The molecular formula is C14H18N4O2. The first kappa shape index (κ1) is 13.9. The maximum absolute atomic E-state index is 6.00. The fourth-order valence-electron chi connectivity index (χ4n) is 2.00. The van der Waals surface area contributed by atoms with Gasteiger partial charge in [-0.2, -0.15) is 4.98 Å². The van der Waals surface area contributed by atoms with Gasteiger partial charge < -0.3 is 20.1 Å². The van der Waals surface area contributed by atoms with E-state index < -0.39 is 0 Å². The first-order valence-corrected chi connectivity index (χ1v) is 6.14. The maximum atomic E-state index is 6.00. The SMILES string of the molecule is COc1ccccc1CN(C)c1ncnc(OC)c1N. The van der Waals surface area contributed by atoms with Crippen LogP contribution in [0.3, 0.4) is 0 Å². The average Bonchev–Trinajstić information content (AvgIpc) is 2.48. The Kier molecular flexibility index (Phi) is 4.24. The van der Waals surface area contributed by atoms with Crippen molar-refractivity contribution in [2.75, 3.05) is 31.9 Å². The van der Waals surface area contributed by atoms with Gasteiger partial charge in [0.1, 0.15) is 17.8 Å². The van der Waals surface area contributed by atoms with E-state index in [4.69, 9.17) is 15.2 Å². The Balaban J connectivity index is 2.26. The zero-order valence-electron chi connectivity index (χ0n) is 11.8. The van der Waals surface area contributed by atoms with E-state index in [0.29, 0.717) is 23.9 Å². The van der Waals surface area contributed by atoms with E-state index in [9.17, 15) is 0 Å². The van der Waals surface area contributed by atoms with Gasteiger partial charge in [0.15, 0.2) is 5.82 Å². The Bertz CT molecular complexity index is 589. The smallest absolute Gasteiger partial charge is 0.242 e. The molecule has 2 aromatic rings. The molecule has 20 heavy (non-hydrogen) atoms. The Labute approximate surface area is 118 Å². The number of benzene rings is 1. The highest BCUT2D eigenvalue weighted by molar-refractivity contribution is 5.67. The second-order valence-corrected chi connectivity index (χ2v) is 4.29. The van der Waals surface area contributed by atoms with Crippen LogP contribution in [0.2, 0.25) is 0 Å². The number of nitrogen functional groups attached to an aromatic ring is 1. The Morgan fingerprint density at radius 3 is 2.60 bits per heavy atom. The predicted molar refractivity (Wildman–Crippen MR) is 78.1 cm³/mol. The third-order valence-corrected chi connectivity index (χ3v) is 2.98. The Hall–Kier alpha value is -2.50. The normalized spacial score (nSPS) is 10.2. The van der Waals surface area contributed by atoms with Crippen LogP contribution in [0, 0.1) is 0 Å². The Morgan fingerprint density at radius 1 is 1.15 bits per heavy atom. The lowest BCUT2D eigenvalue weighted by Gasteiger charge is -2.21. The van der Waals surface area contributed by atoms with Gasteiger partial charge >= 0.3 is 0 Å². The summed E-state index contributed by atoms with van der Waals surface area (Å²) in [5.74, 6) is 1.84. The monoisotopic (exact) mass is 274 g/mol. The number of nitrogens with zero attached hydrogens (tertiary/aromatic N) is 3. The number of rotatable bonds is 5. The van der Waals surface area contributed by atoms with E-state index in [1.807, 2.05) is 36.2 Å². The summed E-state index contributed by atoms with van der Waals surface area (Å²) in [6, 6.07) is 7.83. The Morgan fingerprint density at radius 2 is 1.90 bits per heavy atom. The van der Waals surface area contributed by atoms with Crippen LogP contribution >= 0.6 is 0 Å². The lowest BCUT2D eigenvalue weighted by atomic mass is 10.2. The number of nitrogens with two attached hydrogens (primary N) is 1. The lowest BCUT2D eigenvalue weighted by Crippen LogP contribution is -2.20. The minimum absolute atomic E-state index is 0.377. The molecule has 2 rings (SSSR count). The van der Waals surface area contributed by atoms with Crippen LogP contribution in [0.5, 0.6) is 11.6 Å². The highest BCUT2D eigenvalue weighted by atomic mass is 16.5. The van der Waals surface area contributed by atoms with Crippen molar-refractivity contribution < 1.29 is 9.47 Å². The second kappa shape index (κ2) is 6.10. The van der Waals surface area contributed by atoms with Crippen LogP contribution in [-0.2, 0) is 6.54 Å². The molecule has 106 valence electrons. The van der Waals surface area contributed by atoms with Gasteiger partial charge in [-0.3, -0.25) is 0 Å². The number of aromatic nitrogens is 2. The lowest BCUT2D eigenvalue weighted by molar-refractivity contribution is 0.399. The molecule has 0 atom stereocenters. The molecule has 0 saturated carbocycles. The van der Waals surface area contributed by atoms with E-state index in [1.54, 1.807) is 7.11 Å². The minimum Gasteiger partial charge on any atom is -0.496 e. The zero-order chi connectivity index (χ0) is 14.5. The standard InChI is InChI=1S/C14H18N4O2/c1-18(8-10-6-4-5-7-11(10)19-2)13-12(15)14(20-3)17-9-16-13/h4-7,9H,8,15H2,1-3H3. The number of ether oxygens (including phenoxy) is 2. The van der Waals surface area contributed by atoms with Crippen LogP contribution in [-0.4, -0.2) is 31.2 Å². The molecule has 1 aromatic heterocycles. The van der Waals surface area contributed by atoms with Crippen molar-refractivity contribution in [3.8, 4) is 11.6 Å². The fraction of sp³-hybridized carbons (Fsp3) is 0.286.